The number of hydrogen-bond donors (Lipinski definition) is 2. The number of benzene rings is 1. The van der Waals surface area contributed by atoms with Gasteiger partial charge in [0.05, 0.1) is 24.8 Å². The lowest BCUT2D eigenvalue weighted by atomic mass is 9.92. The zero-order valence-electron chi connectivity index (χ0n) is 18.7. The Morgan fingerprint density at radius 2 is 1.78 bits per heavy atom. The number of unbranched alkanes of at least 4 members (excludes halogenated alkanes) is 2. The zero-order valence-corrected chi connectivity index (χ0v) is 18.7. The number of aryl methyl sites for hydroxylation is 1. The summed E-state index contributed by atoms with van der Waals surface area (Å²) in [5.74, 6) is -0.935. The van der Waals surface area contributed by atoms with Gasteiger partial charge in [0.25, 0.3) is 5.56 Å². The van der Waals surface area contributed by atoms with Crippen molar-refractivity contribution in [3.63, 3.8) is 0 Å². The summed E-state index contributed by atoms with van der Waals surface area (Å²) in [7, 11) is 3.04. The molecule has 0 aliphatic carbocycles. The third-order valence-corrected chi connectivity index (χ3v) is 5.52. The van der Waals surface area contributed by atoms with Crippen LogP contribution in [0, 0.1) is 5.92 Å². The van der Waals surface area contributed by atoms with Crippen LogP contribution >= 0.6 is 0 Å². The van der Waals surface area contributed by atoms with Gasteiger partial charge in [-0.25, -0.2) is 4.68 Å². The number of carboxylic acids is 1. The van der Waals surface area contributed by atoms with Gasteiger partial charge in [-0.3, -0.25) is 14.4 Å². The normalized spacial score (nSPS) is 11.8. The number of rotatable bonds is 14. The summed E-state index contributed by atoms with van der Waals surface area (Å²) in [5.41, 5.74) is 1.65. The third kappa shape index (κ3) is 7.30. The number of carbonyl (C=O) groups is 2. The minimum Gasteiger partial charge on any atom is -0.494 e. The van der Waals surface area contributed by atoms with Gasteiger partial charge in [0.2, 0.25) is 0 Å². The Morgan fingerprint density at radius 3 is 2.41 bits per heavy atom. The predicted octanol–water partition coefficient (Wildman–Crippen LogP) is 2.99. The van der Waals surface area contributed by atoms with Crippen molar-refractivity contribution < 1.29 is 24.5 Å². The molecule has 0 saturated carbocycles. The smallest absolute Gasteiger partial charge is 0.306 e. The highest BCUT2D eigenvalue weighted by Crippen LogP contribution is 2.26. The molecule has 0 unspecified atom stereocenters. The molecule has 0 fully saturated rings. The van der Waals surface area contributed by atoms with E-state index in [2.05, 4.69) is 5.10 Å². The second-order valence-electron chi connectivity index (χ2n) is 7.92. The third-order valence-electron chi connectivity index (χ3n) is 5.52. The number of aliphatic hydroxyl groups excluding tert-OH is 1. The molecule has 32 heavy (non-hydrogen) atoms. The molecule has 0 aliphatic rings. The van der Waals surface area contributed by atoms with Gasteiger partial charge in [0, 0.05) is 26.5 Å². The van der Waals surface area contributed by atoms with E-state index in [1.807, 2.05) is 12.1 Å². The molecule has 1 aromatic heterocycles. The molecule has 8 nitrogen and oxygen atoms in total. The molecule has 2 aromatic rings. The van der Waals surface area contributed by atoms with E-state index in [9.17, 15) is 19.5 Å². The molecular weight excluding hydrogens is 412 g/mol. The van der Waals surface area contributed by atoms with Gasteiger partial charge in [-0.2, -0.15) is 5.10 Å². The van der Waals surface area contributed by atoms with Gasteiger partial charge in [0.1, 0.15) is 5.78 Å². The quantitative estimate of drug-likeness (QED) is 0.430. The van der Waals surface area contributed by atoms with Crippen molar-refractivity contribution in [2.24, 2.45) is 13.0 Å². The van der Waals surface area contributed by atoms with Crippen LogP contribution in [0.5, 0.6) is 5.75 Å². The Kier molecular flexibility index (Phi) is 10.1. The van der Waals surface area contributed by atoms with Gasteiger partial charge in [-0.15, -0.1) is 0 Å². The lowest BCUT2D eigenvalue weighted by Gasteiger charge is -2.13. The van der Waals surface area contributed by atoms with E-state index in [4.69, 9.17) is 9.84 Å². The summed E-state index contributed by atoms with van der Waals surface area (Å²) in [5, 5.41) is 22.3. The van der Waals surface area contributed by atoms with E-state index in [1.165, 1.54) is 18.0 Å². The van der Waals surface area contributed by atoms with Gasteiger partial charge in [0.15, 0.2) is 5.75 Å². The largest absolute Gasteiger partial charge is 0.494 e. The zero-order chi connectivity index (χ0) is 23.5. The van der Waals surface area contributed by atoms with Crippen LogP contribution < -0.4 is 10.3 Å². The van der Waals surface area contributed by atoms with E-state index < -0.39 is 11.9 Å². The maximum atomic E-state index is 12.5. The van der Waals surface area contributed by atoms with Gasteiger partial charge < -0.3 is 14.9 Å². The summed E-state index contributed by atoms with van der Waals surface area (Å²) >= 11 is 0. The Balaban J connectivity index is 1.97. The molecule has 0 amide bonds. The highest BCUT2D eigenvalue weighted by atomic mass is 16.5. The van der Waals surface area contributed by atoms with Crippen molar-refractivity contribution in [1.29, 1.82) is 0 Å². The number of methoxy groups -OCH3 is 1. The molecule has 2 N–H and O–H groups in total. The number of carbonyl (C=O) groups excluding carboxylic acids is 1. The maximum Gasteiger partial charge on any atom is 0.306 e. The Morgan fingerprint density at radius 1 is 1.09 bits per heavy atom. The van der Waals surface area contributed by atoms with Crippen molar-refractivity contribution in [2.45, 2.75) is 51.4 Å². The fourth-order valence-corrected chi connectivity index (χ4v) is 3.63. The fraction of sp³-hybridized carbons (Fsp3) is 0.500. The highest BCUT2D eigenvalue weighted by Gasteiger charge is 2.19. The first-order valence-corrected chi connectivity index (χ1v) is 10.9. The Hall–Kier alpha value is -3.00. The Bertz CT molecular complexity index is 952. The summed E-state index contributed by atoms with van der Waals surface area (Å²) < 4.78 is 6.51. The van der Waals surface area contributed by atoms with Gasteiger partial charge in [-0.1, -0.05) is 30.7 Å². The van der Waals surface area contributed by atoms with Crippen molar-refractivity contribution in [3.8, 4) is 16.9 Å². The summed E-state index contributed by atoms with van der Waals surface area (Å²) in [6, 6.07) is 7.20. The SMILES string of the molecule is COc1cnn(C)c(=O)c1-c1ccc(C[C@H](CCCC(=O)CCCCCO)C(=O)O)cc1. The minimum absolute atomic E-state index is 0.141. The first-order valence-electron chi connectivity index (χ1n) is 10.9. The Labute approximate surface area is 187 Å². The molecule has 1 aromatic carbocycles. The number of aliphatic hydroxyl groups is 1. The summed E-state index contributed by atoms with van der Waals surface area (Å²) in [6.07, 6.45) is 5.97. The average Bonchev–Trinajstić information content (AvgIpc) is 2.78. The predicted molar refractivity (Wildman–Crippen MR) is 121 cm³/mol. The fourth-order valence-electron chi connectivity index (χ4n) is 3.63. The number of aliphatic carboxylic acids is 1. The molecule has 2 rings (SSSR count). The monoisotopic (exact) mass is 444 g/mol. The van der Waals surface area contributed by atoms with Crippen LogP contribution in [0.15, 0.2) is 35.3 Å². The molecule has 0 saturated heterocycles. The van der Waals surface area contributed by atoms with E-state index in [0.717, 1.165) is 18.4 Å². The van der Waals surface area contributed by atoms with Crippen LogP contribution in [0.4, 0.5) is 0 Å². The first-order chi connectivity index (χ1) is 15.4. The number of ketones is 1. The number of Topliss-reactive ketones (excluding diaryl/α,β-unsaturated/α-hetero) is 1. The molecule has 1 heterocycles. The second kappa shape index (κ2) is 12.8. The van der Waals surface area contributed by atoms with Crippen LogP contribution in [0.25, 0.3) is 11.1 Å². The van der Waals surface area contributed by atoms with Gasteiger partial charge in [-0.05, 0) is 43.2 Å². The molecule has 0 aliphatic heterocycles. The van der Waals surface area contributed by atoms with Crippen molar-refractivity contribution in [1.82, 2.24) is 9.78 Å². The summed E-state index contributed by atoms with van der Waals surface area (Å²) in [4.78, 5) is 36.1. The first kappa shape index (κ1) is 25.3. The van der Waals surface area contributed by atoms with Crippen LogP contribution in [-0.2, 0) is 23.1 Å². The molecule has 0 bridgehead atoms. The lowest BCUT2D eigenvalue weighted by Crippen LogP contribution is -2.21. The van der Waals surface area contributed by atoms with Crippen LogP contribution in [0.2, 0.25) is 0 Å². The van der Waals surface area contributed by atoms with Crippen LogP contribution in [0.3, 0.4) is 0 Å². The van der Waals surface area contributed by atoms with E-state index >= 15 is 0 Å². The topological polar surface area (TPSA) is 119 Å². The molecule has 0 spiro atoms. The number of ether oxygens (including phenoxy) is 1. The number of nitrogens with zero attached hydrogens (tertiary/aromatic N) is 2. The second-order valence-corrected chi connectivity index (χ2v) is 7.92. The number of hydrogen-bond acceptors (Lipinski definition) is 6. The number of aromatic nitrogens is 2. The van der Waals surface area contributed by atoms with E-state index in [-0.39, 0.29) is 17.9 Å². The standard InChI is InChI=1S/C24H32N2O6/c1-26-23(29)22(21(32-2)16-25-26)18-12-10-17(11-13-18)15-19(24(30)31)7-6-9-20(28)8-4-3-5-14-27/h10-13,16,19,27H,3-9,14-15H2,1-2H3,(H,30,31)/t19-/m0/s1. The maximum absolute atomic E-state index is 12.5. The molecule has 0 radical (unpaired) electrons. The minimum atomic E-state index is -0.880. The lowest BCUT2D eigenvalue weighted by molar-refractivity contribution is -0.142. The molecular formula is C24H32N2O6. The number of carboxylic acid groups (broad SMARTS) is 1. The van der Waals surface area contributed by atoms with Crippen LogP contribution in [-0.4, -0.2) is 45.5 Å². The summed E-state index contributed by atoms with van der Waals surface area (Å²) in [6.45, 7) is 0.141. The van der Waals surface area contributed by atoms with Crippen LogP contribution in [0.1, 0.15) is 50.5 Å². The van der Waals surface area contributed by atoms with Gasteiger partial charge >= 0.3 is 5.97 Å². The van der Waals surface area contributed by atoms with Crippen molar-refractivity contribution >= 4 is 11.8 Å². The van der Waals surface area contributed by atoms with E-state index in [0.29, 0.717) is 55.4 Å². The average molecular weight is 445 g/mol. The molecule has 174 valence electrons. The molecule has 8 heteroatoms. The molecule has 1 atom stereocenters. The van der Waals surface area contributed by atoms with Crippen molar-refractivity contribution in [2.75, 3.05) is 13.7 Å². The van der Waals surface area contributed by atoms with E-state index in [1.54, 1.807) is 19.2 Å². The van der Waals surface area contributed by atoms with Crippen molar-refractivity contribution in [3.05, 3.63) is 46.4 Å². The highest BCUT2D eigenvalue weighted by molar-refractivity contribution is 5.78.